The molecule has 0 aliphatic rings. The van der Waals surface area contributed by atoms with Crippen molar-refractivity contribution in [2.45, 2.75) is 12.5 Å². The molecule has 0 unspecified atom stereocenters. The minimum absolute atomic E-state index is 0.101. The minimum Gasteiger partial charge on any atom is -0.351 e. The first-order valence-electron chi connectivity index (χ1n) is 10.4. The Balaban J connectivity index is 1.51. The van der Waals surface area contributed by atoms with Gasteiger partial charge in [-0.3, -0.25) is 14.6 Å². The van der Waals surface area contributed by atoms with Gasteiger partial charge in [0.05, 0.1) is 11.5 Å². The van der Waals surface area contributed by atoms with Crippen LogP contribution in [-0.2, 0) is 11.3 Å². The molecule has 2 amide bonds. The zero-order valence-corrected chi connectivity index (χ0v) is 17.4. The molecule has 0 spiro atoms. The number of anilines is 1. The molecule has 0 radical (unpaired) electrons. The predicted octanol–water partition coefficient (Wildman–Crippen LogP) is 4.78. The number of benzene rings is 3. The molecule has 0 fully saturated rings. The molecule has 4 aromatic rings. The van der Waals surface area contributed by atoms with Gasteiger partial charge in [-0.15, -0.1) is 0 Å². The number of rotatable bonds is 7. The van der Waals surface area contributed by atoms with Crippen LogP contribution in [0, 0.1) is 0 Å². The van der Waals surface area contributed by atoms with E-state index in [0.29, 0.717) is 17.8 Å². The highest BCUT2D eigenvalue weighted by atomic mass is 16.2. The van der Waals surface area contributed by atoms with Crippen molar-refractivity contribution in [1.82, 2.24) is 10.3 Å². The molecule has 1 heterocycles. The fraction of sp³-hybridized carbons (Fsp3) is 0.0741. The smallest absolute Gasteiger partial charge is 0.257 e. The van der Waals surface area contributed by atoms with Crippen LogP contribution in [-0.4, -0.2) is 16.8 Å². The Labute approximate surface area is 187 Å². The summed E-state index contributed by atoms with van der Waals surface area (Å²) >= 11 is 0. The molecular weight excluding hydrogens is 398 g/mol. The van der Waals surface area contributed by atoms with E-state index < -0.39 is 5.92 Å². The summed E-state index contributed by atoms with van der Waals surface area (Å²) in [5, 5.41) is 5.96. The maximum Gasteiger partial charge on any atom is 0.257 e. The SMILES string of the molecule is O=C(Nc1ccccc1CNC(=O)C(c1ccccc1)c1ccccc1)c1cccnc1. The Hall–Kier alpha value is -4.25. The highest BCUT2D eigenvalue weighted by Crippen LogP contribution is 2.25. The van der Waals surface area contributed by atoms with Crippen LogP contribution in [0.3, 0.4) is 0 Å². The first kappa shape index (κ1) is 21.0. The van der Waals surface area contributed by atoms with E-state index in [9.17, 15) is 9.59 Å². The number of carbonyl (C=O) groups is 2. The van der Waals surface area contributed by atoms with Gasteiger partial charge in [-0.05, 0) is 34.9 Å². The quantitative estimate of drug-likeness (QED) is 0.451. The molecule has 0 bridgehead atoms. The largest absolute Gasteiger partial charge is 0.351 e. The summed E-state index contributed by atoms with van der Waals surface area (Å²) in [6.07, 6.45) is 3.14. The third-order valence-electron chi connectivity index (χ3n) is 5.17. The Bertz CT molecular complexity index is 1140. The molecule has 0 aliphatic heterocycles. The number of hydrogen-bond donors (Lipinski definition) is 2. The van der Waals surface area contributed by atoms with E-state index >= 15 is 0 Å². The topological polar surface area (TPSA) is 71.1 Å². The van der Waals surface area contributed by atoms with Crippen LogP contribution in [0.25, 0.3) is 0 Å². The lowest BCUT2D eigenvalue weighted by atomic mass is 9.90. The van der Waals surface area contributed by atoms with Crippen LogP contribution < -0.4 is 10.6 Å². The Kier molecular flexibility index (Phi) is 6.68. The van der Waals surface area contributed by atoms with Crippen LogP contribution >= 0.6 is 0 Å². The molecule has 2 N–H and O–H groups in total. The van der Waals surface area contributed by atoms with E-state index in [-0.39, 0.29) is 11.8 Å². The number of carbonyl (C=O) groups excluding carboxylic acids is 2. The van der Waals surface area contributed by atoms with E-state index in [1.165, 1.54) is 6.20 Å². The number of para-hydroxylation sites is 1. The van der Waals surface area contributed by atoms with Crippen molar-refractivity contribution in [2.24, 2.45) is 0 Å². The van der Waals surface area contributed by atoms with Crippen molar-refractivity contribution in [1.29, 1.82) is 0 Å². The van der Waals surface area contributed by atoms with Crippen molar-refractivity contribution in [3.8, 4) is 0 Å². The summed E-state index contributed by atoms with van der Waals surface area (Å²) < 4.78 is 0. The van der Waals surface area contributed by atoms with Gasteiger partial charge in [0, 0.05) is 24.6 Å². The molecule has 158 valence electrons. The molecule has 5 nitrogen and oxygen atoms in total. The normalized spacial score (nSPS) is 10.5. The van der Waals surface area contributed by atoms with E-state index in [0.717, 1.165) is 16.7 Å². The number of hydrogen-bond acceptors (Lipinski definition) is 3. The molecule has 5 heteroatoms. The third kappa shape index (κ3) is 5.08. The van der Waals surface area contributed by atoms with Gasteiger partial charge in [0.1, 0.15) is 0 Å². The highest BCUT2D eigenvalue weighted by Gasteiger charge is 2.22. The average Bonchev–Trinajstić information content (AvgIpc) is 2.85. The molecule has 0 atom stereocenters. The fourth-order valence-electron chi connectivity index (χ4n) is 3.56. The monoisotopic (exact) mass is 421 g/mol. The second-order valence-corrected chi connectivity index (χ2v) is 7.33. The van der Waals surface area contributed by atoms with Crippen LogP contribution in [0.4, 0.5) is 5.69 Å². The van der Waals surface area contributed by atoms with E-state index in [1.807, 2.05) is 84.9 Å². The average molecular weight is 422 g/mol. The van der Waals surface area contributed by atoms with E-state index in [2.05, 4.69) is 15.6 Å². The predicted molar refractivity (Wildman–Crippen MR) is 125 cm³/mol. The van der Waals surface area contributed by atoms with Crippen molar-refractivity contribution in [2.75, 3.05) is 5.32 Å². The number of amides is 2. The maximum absolute atomic E-state index is 13.3. The zero-order valence-electron chi connectivity index (χ0n) is 17.4. The Morgan fingerprint density at radius 2 is 1.38 bits per heavy atom. The summed E-state index contributed by atoms with van der Waals surface area (Å²) in [5.74, 6) is -0.770. The van der Waals surface area contributed by atoms with Gasteiger partial charge in [-0.25, -0.2) is 0 Å². The van der Waals surface area contributed by atoms with Crippen molar-refractivity contribution < 1.29 is 9.59 Å². The Morgan fingerprint density at radius 3 is 2.00 bits per heavy atom. The maximum atomic E-state index is 13.3. The Morgan fingerprint density at radius 1 is 0.750 bits per heavy atom. The molecule has 4 rings (SSSR count). The van der Waals surface area contributed by atoms with Crippen molar-refractivity contribution >= 4 is 17.5 Å². The number of nitrogens with one attached hydrogen (secondary N) is 2. The summed E-state index contributed by atoms with van der Waals surface area (Å²) in [6.45, 7) is 0.290. The lowest BCUT2D eigenvalue weighted by Crippen LogP contribution is -2.30. The van der Waals surface area contributed by atoms with Crippen LogP contribution in [0.2, 0.25) is 0 Å². The summed E-state index contributed by atoms with van der Waals surface area (Å²) in [7, 11) is 0. The van der Waals surface area contributed by atoms with Crippen LogP contribution in [0.5, 0.6) is 0 Å². The molecular formula is C27H23N3O2. The first-order chi connectivity index (χ1) is 15.7. The van der Waals surface area contributed by atoms with Crippen LogP contribution in [0.1, 0.15) is 33.0 Å². The van der Waals surface area contributed by atoms with Gasteiger partial charge in [0.2, 0.25) is 5.91 Å². The van der Waals surface area contributed by atoms with Gasteiger partial charge in [-0.2, -0.15) is 0 Å². The number of pyridine rings is 1. The lowest BCUT2D eigenvalue weighted by Gasteiger charge is -2.19. The summed E-state index contributed by atoms with van der Waals surface area (Å²) in [6, 6.07) is 30.3. The molecule has 32 heavy (non-hydrogen) atoms. The second kappa shape index (κ2) is 10.2. The van der Waals surface area contributed by atoms with Crippen molar-refractivity contribution in [3.05, 3.63) is 132 Å². The van der Waals surface area contributed by atoms with Gasteiger partial charge < -0.3 is 10.6 Å². The molecule has 1 aromatic heterocycles. The van der Waals surface area contributed by atoms with Gasteiger partial charge in [0.25, 0.3) is 5.91 Å². The molecule has 0 saturated carbocycles. The zero-order chi connectivity index (χ0) is 22.2. The molecule has 3 aromatic carbocycles. The second-order valence-electron chi connectivity index (χ2n) is 7.33. The summed E-state index contributed by atoms with van der Waals surface area (Å²) in [4.78, 5) is 29.8. The van der Waals surface area contributed by atoms with Gasteiger partial charge >= 0.3 is 0 Å². The number of aromatic nitrogens is 1. The minimum atomic E-state index is -0.422. The first-order valence-corrected chi connectivity index (χ1v) is 10.4. The fourth-order valence-corrected chi connectivity index (χ4v) is 3.56. The number of nitrogens with zero attached hydrogens (tertiary/aromatic N) is 1. The molecule has 0 aliphatic carbocycles. The third-order valence-corrected chi connectivity index (χ3v) is 5.17. The highest BCUT2D eigenvalue weighted by molar-refractivity contribution is 6.04. The van der Waals surface area contributed by atoms with Crippen LogP contribution in [0.15, 0.2) is 109 Å². The van der Waals surface area contributed by atoms with Gasteiger partial charge in [0.15, 0.2) is 0 Å². The summed E-state index contributed by atoms with van der Waals surface area (Å²) in [5.41, 5.74) is 3.79. The standard InChI is InChI=1S/C27H23N3O2/c31-26(23-15-9-17-28-18-23)30-24-16-8-7-14-22(24)19-29-27(32)25(20-10-3-1-4-11-20)21-12-5-2-6-13-21/h1-18,25H,19H2,(H,29,32)(H,30,31). The van der Waals surface area contributed by atoms with Crippen molar-refractivity contribution in [3.63, 3.8) is 0 Å². The lowest BCUT2D eigenvalue weighted by molar-refractivity contribution is -0.121. The van der Waals surface area contributed by atoms with Gasteiger partial charge in [-0.1, -0.05) is 78.9 Å². The van der Waals surface area contributed by atoms with E-state index in [1.54, 1.807) is 18.3 Å². The molecule has 0 saturated heterocycles. The van der Waals surface area contributed by atoms with E-state index in [4.69, 9.17) is 0 Å².